The monoisotopic (exact) mass is 563 g/mol. The van der Waals surface area contributed by atoms with Crippen LogP contribution >= 0.6 is 0 Å². The number of ether oxygens (including phenoxy) is 1. The first kappa shape index (κ1) is 27.8. The second-order valence-electron chi connectivity index (χ2n) is 12.4. The summed E-state index contributed by atoms with van der Waals surface area (Å²) in [7, 11) is 0. The van der Waals surface area contributed by atoms with E-state index in [0.717, 1.165) is 24.1 Å². The summed E-state index contributed by atoms with van der Waals surface area (Å²) in [4.78, 5) is 44.8. The Morgan fingerprint density at radius 2 is 1.85 bits per heavy atom. The molecular formula is C32H38FN3O5. The normalized spacial score (nSPS) is 29.4. The zero-order chi connectivity index (χ0) is 29.1. The lowest BCUT2D eigenvalue weighted by atomic mass is 9.71. The van der Waals surface area contributed by atoms with Gasteiger partial charge in [0.05, 0.1) is 37.4 Å². The van der Waals surface area contributed by atoms with Crippen molar-refractivity contribution in [2.45, 2.75) is 76.4 Å². The molecule has 41 heavy (non-hydrogen) atoms. The lowest BCUT2D eigenvalue weighted by Gasteiger charge is -2.33. The lowest BCUT2D eigenvalue weighted by molar-refractivity contribution is -0.150. The molecule has 2 aromatic rings. The number of alkyl halides is 1. The first-order valence-corrected chi connectivity index (χ1v) is 14.6. The molecule has 6 rings (SSSR count). The third-order valence-corrected chi connectivity index (χ3v) is 9.59. The Kier molecular flexibility index (Phi) is 6.93. The Morgan fingerprint density at radius 1 is 1.12 bits per heavy atom. The van der Waals surface area contributed by atoms with Crippen LogP contribution in [0.5, 0.6) is 0 Å². The number of amides is 3. The third-order valence-electron chi connectivity index (χ3n) is 9.59. The molecule has 0 saturated carbocycles. The predicted octanol–water partition coefficient (Wildman–Crippen LogP) is 3.94. The van der Waals surface area contributed by atoms with E-state index in [-0.39, 0.29) is 36.8 Å². The number of anilines is 2. The second kappa shape index (κ2) is 10.2. The number of nitrogens with zero attached hydrogens (tertiary/aromatic N) is 3. The van der Waals surface area contributed by atoms with Crippen molar-refractivity contribution < 1.29 is 28.6 Å². The van der Waals surface area contributed by atoms with E-state index in [0.29, 0.717) is 37.3 Å². The highest BCUT2D eigenvalue weighted by atomic mass is 19.1. The molecule has 4 aliphatic rings. The van der Waals surface area contributed by atoms with E-state index in [1.54, 1.807) is 14.7 Å². The summed E-state index contributed by atoms with van der Waals surface area (Å²) in [5.74, 6) is -1.57. The number of benzene rings is 2. The average Bonchev–Trinajstić information content (AvgIpc) is 3.59. The van der Waals surface area contributed by atoms with E-state index in [9.17, 15) is 19.5 Å². The largest absolute Gasteiger partial charge is 0.394 e. The molecule has 1 N–H and O–H groups in total. The molecule has 0 aliphatic carbocycles. The first-order chi connectivity index (χ1) is 19.6. The molecule has 0 bridgehead atoms. The Bertz CT molecular complexity index is 1360. The smallest absolute Gasteiger partial charge is 0.264 e. The molecule has 3 fully saturated rings. The minimum atomic E-state index is -1.71. The summed E-state index contributed by atoms with van der Waals surface area (Å²) >= 11 is 0. The highest BCUT2D eigenvalue weighted by Gasteiger charge is 2.66. The van der Waals surface area contributed by atoms with Crippen LogP contribution in [0, 0.1) is 11.8 Å². The van der Waals surface area contributed by atoms with Gasteiger partial charge in [0.1, 0.15) is 5.67 Å². The molecule has 0 unspecified atom stereocenters. The van der Waals surface area contributed by atoms with E-state index in [1.807, 2.05) is 55.5 Å². The predicted molar refractivity (Wildman–Crippen MR) is 152 cm³/mol. The molecule has 2 aromatic carbocycles. The number of para-hydroxylation sites is 1. The summed E-state index contributed by atoms with van der Waals surface area (Å²) in [6.07, 6.45) is 1.26. The van der Waals surface area contributed by atoms with Gasteiger partial charge in [-0.3, -0.25) is 14.4 Å². The van der Waals surface area contributed by atoms with Gasteiger partial charge >= 0.3 is 0 Å². The fourth-order valence-electron chi connectivity index (χ4n) is 7.55. The molecule has 8 nitrogen and oxygen atoms in total. The zero-order valence-electron chi connectivity index (χ0n) is 23.9. The number of hydrogen-bond donors (Lipinski definition) is 1. The fourth-order valence-corrected chi connectivity index (χ4v) is 7.55. The summed E-state index contributed by atoms with van der Waals surface area (Å²) in [5, 5.41) is 9.75. The van der Waals surface area contributed by atoms with Gasteiger partial charge in [0.2, 0.25) is 11.8 Å². The number of carbonyl (C=O) groups excluding carboxylic acids is 3. The van der Waals surface area contributed by atoms with Crippen molar-refractivity contribution in [1.82, 2.24) is 4.90 Å². The molecule has 4 heterocycles. The number of likely N-dealkylation sites (tertiary alicyclic amines) is 1. The maximum absolute atomic E-state index is 15.9. The van der Waals surface area contributed by atoms with Crippen LogP contribution in [0.25, 0.3) is 0 Å². The highest BCUT2D eigenvalue weighted by molar-refractivity contribution is 6.07. The van der Waals surface area contributed by atoms with Crippen LogP contribution in [0.3, 0.4) is 0 Å². The topological polar surface area (TPSA) is 90.4 Å². The summed E-state index contributed by atoms with van der Waals surface area (Å²) in [6.45, 7) is 6.30. The van der Waals surface area contributed by atoms with Gasteiger partial charge in [-0.25, -0.2) is 4.39 Å². The minimum absolute atomic E-state index is 0.0489. The van der Waals surface area contributed by atoms with Gasteiger partial charge in [0, 0.05) is 42.6 Å². The average molecular weight is 564 g/mol. The Morgan fingerprint density at radius 3 is 2.49 bits per heavy atom. The molecule has 1 spiro atoms. The molecule has 3 amide bonds. The highest BCUT2D eigenvalue weighted by Crippen LogP contribution is 2.58. The van der Waals surface area contributed by atoms with Gasteiger partial charge in [-0.1, -0.05) is 37.3 Å². The number of fused-ring (bicyclic) bond motifs is 2. The Labute approximate surface area is 240 Å². The van der Waals surface area contributed by atoms with Crippen molar-refractivity contribution in [3.63, 3.8) is 0 Å². The number of halogens is 1. The molecule has 3 saturated heterocycles. The Hall–Kier alpha value is -3.30. The molecule has 9 heteroatoms. The van der Waals surface area contributed by atoms with Crippen LogP contribution in [-0.2, 0) is 31.3 Å². The number of hydrogen-bond acceptors (Lipinski definition) is 5. The van der Waals surface area contributed by atoms with Gasteiger partial charge in [-0.2, -0.15) is 0 Å². The summed E-state index contributed by atoms with van der Waals surface area (Å²) in [6, 6.07) is 14.9. The van der Waals surface area contributed by atoms with Crippen LogP contribution < -0.4 is 9.80 Å². The van der Waals surface area contributed by atoms with Crippen molar-refractivity contribution in [3.8, 4) is 0 Å². The van der Waals surface area contributed by atoms with Crippen LogP contribution in [0.1, 0.15) is 57.6 Å². The quantitative estimate of drug-likeness (QED) is 0.516. The molecule has 5 atom stereocenters. The Balaban J connectivity index is 1.31. The maximum Gasteiger partial charge on any atom is 0.264 e. The van der Waals surface area contributed by atoms with Crippen LogP contribution in [0.15, 0.2) is 48.5 Å². The molecule has 4 aliphatic heterocycles. The standard InChI is InChI=1S/C32H38FN3O5/c1-20-29(31(2,3)33)26(17-28(39)34-15-6-7-23(34)19-37)41-32(20)24-8-4-5-9-25(24)36(30(32)40)18-21-10-12-22(13-11-21)35-16-14-27(35)38/h4-5,8-13,20,23,26,29,37H,6-7,14-19H2,1-3H3/t20-,23-,26+,29-,32+/m0/s1. The van der Waals surface area contributed by atoms with Crippen LogP contribution in [-0.4, -0.2) is 65.2 Å². The maximum atomic E-state index is 15.9. The molecule has 0 radical (unpaired) electrons. The van der Waals surface area contributed by atoms with E-state index in [4.69, 9.17) is 4.74 Å². The third kappa shape index (κ3) is 4.45. The molecular weight excluding hydrogens is 525 g/mol. The van der Waals surface area contributed by atoms with Crippen molar-refractivity contribution in [2.75, 3.05) is 29.5 Å². The molecule has 0 aromatic heterocycles. The van der Waals surface area contributed by atoms with Gasteiger partial charge in [0.25, 0.3) is 5.91 Å². The van der Waals surface area contributed by atoms with E-state index < -0.39 is 29.2 Å². The van der Waals surface area contributed by atoms with Gasteiger partial charge in [-0.15, -0.1) is 0 Å². The number of rotatable bonds is 7. The minimum Gasteiger partial charge on any atom is -0.394 e. The van der Waals surface area contributed by atoms with Gasteiger partial charge < -0.3 is 24.5 Å². The number of aliphatic hydroxyl groups excluding tert-OH is 1. The number of β-lactam (4-membered cyclic amide) rings is 1. The van der Waals surface area contributed by atoms with Crippen LogP contribution in [0.2, 0.25) is 0 Å². The van der Waals surface area contributed by atoms with Crippen molar-refractivity contribution in [2.24, 2.45) is 11.8 Å². The SMILES string of the molecule is C[C@H]1[C@H](C(C)(C)F)[C@@H](CC(=O)N2CCC[C@H]2CO)O[C@]12C(=O)N(Cc1ccc(N3CCC3=O)cc1)c1ccccc12. The zero-order valence-corrected chi connectivity index (χ0v) is 23.9. The lowest BCUT2D eigenvalue weighted by Crippen LogP contribution is -2.45. The van der Waals surface area contributed by atoms with E-state index >= 15 is 4.39 Å². The second-order valence-corrected chi connectivity index (χ2v) is 12.4. The van der Waals surface area contributed by atoms with Crippen LogP contribution in [0.4, 0.5) is 15.8 Å². The van der Waals surface area contributed by atoms with Gasteiger partial charge in [0.15, 0.2) is 5.60 Å². The summed E-state index contributed by atoms with van der Waals surface area (Å²) in [5.41, 5.74) is 0.0193. The summed E-state index contributed by atoms with van der Waals surface area (Å²) < 4.78 is 22.6. The van der Waals surface area contributed by atoms with Gasteiger partial charge in [-0.05, 0) is 50.5 Å². The number of aliphatic hydroxyl groups is 1. The number of carbonyl (C=O) groups is 3. The van der Waals surface area contributed by atoms with E-state index in [1.165, 1.54) is 13.8 Å². The fraction of sp³-hybridized carbons (Fsp3) is 0.531. The first-order valence-electron chi connectivity index (χ1n) is 14.6. The van der Waals surface area contributed by atoms with Crippen molar-refractivity contribution >= 4 is 29.1 Å². The van der Waals surface area contributed by atoms with E-state index in [2.05, 4.69) is 0 Å². The van der Waals surface area contributed by atoms with Crippen molar-refractivity contribution in [1.29, 1.82) is 0 Å². The van der Waals surface area contributed by atoms with Crippen molar-refractivity contribution in [3.05, 3.63) is 59.7 Å². The molecule has 218 valence electrons.